The van der Waals surface area contributed by atoms with E-state index in [4.69, 9.17) is 4.74 Å². The number of hydrogen-bond acceptors (Lipinski definition) is 8. The lowest BCUT2D eigenvalue weighted by Gasteiger charge is -2.27. The Morgan fingerprint density at radius 3 is 2.65 bits per heavy atom. The van der Waals surface area contributed by atoms with Gasteiger partial charge in [-0.15, -0.1) is 11.3 Å². The Bertz CT molecular complexity index is 1460. The smallest absolute Gasteiger partial charge is 0.387 e. The SMILES string of the molecule is CN(C(=O)[C@@H](CC(=O)O)CC1CCOCC1)c1nc(-c2cc(OC(F)F)ccc2-c2ccc(N3CCCC3=O)nc2)cs1. The quantitative estimate of drug-likeness (QED) is 0.302. The molecule has 1 atom stereocenters. The molecular weight excluding hydrogens is 582 g/mol. The Kier molecular flexibility index (Phi) is 9.61. The zero-order valence-electron chi connectivity index (χ0n) is 23.6. The summed E-state index contributed by atoms with van der Waals surface area (Å²) < 4.78 is 36.2. The number of aliphatic carboxylic acids is 1. The van der Waals surface area contributed by atoms with Gasteiger partial charge in [0, 0.05) is 61.8 Å². The Hall–Kier alpha value is -3.97. The number of hydrogen-bond donors (Lipinski definition) is 1. The fraction of sp³-hybridized carbons (Fsp3) is 0.433. The number of alkyl halides is 2. The van der Waals surface area contributed by atoms with E-state index in [2.05, 4.69) is 14.7 Å². The molecular formula is C30H32F2N4O6S. The van der Waals surface area contributed by atoms with Crippen molar-refractivity contribution >= 4 is 40.1 Å². The van der Waals surface area contributed by atoms with E-state index in [1.807, 2.05) is 0 Å². The standard InChI is InChI=1S/C30H32F2N4O6S/c1-35(28(40)20(14-27(38)39)13-18-8-11-41-12-9-18)30-34-24(17-43-30)23-15-21(42-29(31)32)5-6-22(23)19-4-7-25(33-16-19)36-10-2-3-26(36)37/h4-7,15-18,20,29H,2-3,8-14H2,1H3,(H,38,39)/t20-/m1/s1. The highest BCUT2D eigenvalue weighted by Crippen LogP contribution is 2.38. The lowest BCUT2D eigenvalue weighted by atomic mass is 9.86. The van der Waals surface area contributed by atoms with Gasteiger partial charge in [0.2, 0.25) is 11.8 Å². The number of carboxylic acids is 1. The zero-order chi connectivity index (χ0) is 30.5. The van der Waals surface area contributed by atoms with Crippen LogP contribution in [0.5, 0.6) is 5.75 Å². The summed E-state index contributed by atoms with van der Waals surface area (Å²) in [5, 5.41) is 11.5. The average molecular weight is 615 g/mol. The molecule has 5 rings (SSSR count). The highest BCUT2D eigenvalue weighted by molar-refractivity contribution is 7.14. The summed E-state index contributed by atoms with van der Waals surface area (Å²) in [6.45, 7) is -1.23. The minimum Gasteiger partial charge on any atom is -0.481 e. The first kappa shape index (κ1) is 30.5. The van der Waals surface area contributed by atoms with Gasteiger partial charge < -0.3 is 14.6 Å². The van der Waals surface area contributed by atoms with Crippen LogP contribution in [-0.2, 0) is 19.1 Å². The third-order valence-corrected chi connectivity index (χ3v) is 8.66. The van der Waals surface area contributed by atoms with Gasteiger partial charge in [0.25, 0.3) is 0 Å². The van der Waals surface area contributed by atoms with Crippen molar-refractivity contribution in [3.63, 3.8) is 0 Å². The molecule has 0 bridgehead atoms. The van der Waals surface area contributed by atoms with E-state index in [1.165, 1.54) is 28.4 Å². The van der Waals surface area contributed by atoms with E-state index in [9.17, 15) is 28.3 Å². The molecule has 2 fully saturated rings. The van der Waals surface area contributed by atoms with Crippen LogP contribution < -0.4 is 14.5 Å². The van der Waals surface area contributed by atoms with Gasteiger partial charge in [-0.05, 0) is 67.5 Å². The van der Waals surface area contributed by atoms with Gasteiger partial charge in [-0.1, -0.05) is 0 Å². The molecule has 2 aliphatic rings. The molecule has 43 heavy (non-hydrogen) atoms. The number of benzene rings is 1. The van der Waals surface area contributed by atoms with Gasteiger partial charge in [0.1, 0.15) is 11.6 Å². The molecule has 0 unspecified atom stereocenters. The van der Waals surface area contributed by atoms with Crippen molar-refractivity contribution in [3.05, 3.63) is 41.9 Å². The number of rotatable bonds is 11. The van der Waals surface area contributed by atoms with Crippen LogP contribution in [0.4, 0.5) is 19.7 Å². The molecule has 3 aromatic rings. The Balaban J connectivity index is 1.42. The predicted octanol–water partition coefficient (Wildman–Crippen LogP) is 5.47. The van der Waals surface area contributed by atoms with E-state index >= 15 is 0 Å². The number of carbonyl (C=O) groups excluding carboxylic acids is 2. The Labute approximate surface area is 251 Å². The number of nitrogens with zero attached hydrogens (tertiary/aromatic N) is 4. The molecule has 10 nitrogen and oxygen atoms in total. The number of ether oxygens (including phenoxy) is 2. The van der Waals surface area contributed by atoms with E-state index in [0.717, 1.165) is 19.3 Å². The number of carboxylic acid groups (broad SMARTS) is 1. The topological polar surface area (TPSA) is 122 Å². The molecule has 0 spiro atoms. The molecule has 228 valence electrons. The second-order valence-electron chi connectivity index (χ2n) is 10.6. The van der Waals surface area contributed by atoms with Crippen molar-refractivity contribution in [1.29, 1.82) is 0 Å². The van der Waals surface area contributed by atoms with Crippen molar-refractivity contribution < 1.29 is 37.7 Å². The first-order valence-corrected chi connectivity index (χ1v) is 15.0. The Morgan fingerprint density at radius 1 is 1.21 bits per heavy atom. The average Bonchev–Trinajstić information content (AvgIpc) is 3.66. The van der Waals surface area contributed by atoms with Crippen LogP contribution in [0.1, 0.15) is 38.5 Å². The number of halogens is 2. The summed E-state index contributed by atoms with van der Waals surface area (Å²) in [6, 6.07) is 8.06. The Morgan fingerprint density at radius 2 is 2.00 bits per heavy atom. The summed E-state index contributed by atoms with van der Waals surface area (Å²) >= 11 is 1.18. The highest BCUT2D eigenvalue weighted by atomic mass is 32.1. The highest BCUT2D eigenvalue weighted by Gasteiger charge is 2.30. The number of thiazole rings is 1. The molecule has 13 heteroatoms. The summed E-state index contributed by atoms with van der Waals surface area (Å²) in [4.78, 5) is 49.3. The van der Waals surface area contributed by atoms with Crippen molar-refractivity contribution in [2.24, 2.45) is 11.8 Å². The fourth-order valence-electron chi connectivity index (χ4n) is 5.54. The van der Waals surface area contributed by atoms with Crippen LogP contribution in [0.25, 0.3) is 22.4 Å². The van der Waals surface area contributed by atoms with Gasteiger partial charge in [0.15, 0.2) is 5.13 Å². The molecule has 1 N–H and O–H groups in total. The monoisotopic (exact) mass is 614 g/mol. The first-order chi connectivity index (χ1) is 20.7. The van der Waals surface area contributed by atoms with E-state index in [-0.39, 0.29) is 29.9 Å². The summed E-state index contributed by atoms with van der Waals surface area (Å²) in [5.41, 5.74) is 2.22. The van der Waals surface area contributed by atoms with Crippen LogP contribution in [0, 0.1) is 11.8 Å². The number of aromatic nitrogens is 2. The van der Waals surface area contributed by atoms with Crippen LogP contribution in [0.15, 0.2) is 41.9 Å². The third kappa shape index (κ3) is 7.34. The molecule has 2 aliphatic heterocycles. The third-order valence-electron chi connectivity index (χ3n) is 7.74. The first-order valence-electron chi connectivity index (χ1n) is 14.1. The van der Waals surface area contributed by atoms with Crippen LogP contribution in [-0.4, -0.2) is 66.3 Å². The normalized spacial score (nSPS) is 16.5. The zero-order valence-corrected chi connectivity index (χ0v) is 24.4. The number of amides is 2. The number of carbonyl (C=O) groups is 3. The van der Waals surface area contributed by atoms with E-state index < -0.39 is 18.5 Å². The minimum absolute atomic E-state index is 0.0152. The van der Waals surface area contributed by atoms with Crippen molar-refractivity contribution in [3.8, 4) is 28.1 Å². The van der Waals surface area contributed by atoms with Gasteiger partial charge in [-0.3, -0.25) is 24.2 Å². The number of anilines is 2. The van der Waals surface area contributed by atoms with E-state index in [1.54, 1.807) is 41.7 Å². The molecule has 4 heterocycles. The maximum Gasteiger partial charge on any atom is 0.387 e. The van der Waals surface area contributed by atoms with Crippen molar-refractivity contribution in [2.45, 2.75) is 45.1 Å². The maximum atomic E-state index is 13.5. The van der Waals surface area contributed by atoms with Gasteiger partial charge in [-0.25, -0.2) is 9.97 Å². The van der Waals surface area contributed by atoms with Gasteiger partial charge >= 0.3 is 12.6 Å². The lowest BCUT2D eigenvalue weighted by Crippen LogP contribution is -2.35. The molecule has 2 amide bonds. The fourth-order valence-corrected chi connectivity index (χ4v) is 6.33. The van der Waals surface area contributed by atoms with Crippen molar-refractivity contribution in [2.75, 3.05) is 36.6 Å². The van der Waals surface area contributed by atoms with Crippen LogP contribution in [0.2, 0.25) is 0 Å². The summed E-state index contributed by atoms with van der Waals surface area (Å²) in [5.74, 6) is -1.42. The number of pyridine rings is 1. The maximum absolute atomic E-state index is 13.5. The molecule has 1 aromatic carbocycles. The van der Waals surface area contributed by atoms with Crippen LogP contribution >= 0.6 is 11.3 Å². The van der Waals surface area contributed by atoms with E-state index in [0.29, 0.717) is 65.9 Å². The molecule has 0 radical (unpaired) electrons. The largest absolute Gasteiger partial charge is 0.481 e. The lowest BCUT2D eigenvalue weighted by molar-refractivity contribution is -0.141. The van der Waals surface area contributed by atoms with Crippen LogP contribution in [0.3, 0.4) is 0 Å². The second-order valence-corrected chi connectivity index (χ2v) is 11.5. The molecule has 2 saturated heterocycles. The predicted molar refractivity (Wildman–Crippen MR) is 156 cm³/mol. The van der Waals surface area contributed by atoms with Gasteiger partial charge in [0.05, 0.1) is 12.1 Å². The summed E-state index contributed by atoms with van der Waals surface area (Å²) in [7, 11) is 1.56. The van der Waals surface area contributed by atoms with Crippen molar-refractivity contribution in [1.82, 2.24) is 9.97 Å². The summed E-state index contributed by atoms with van der Waals surface area (Å²) in [6.07, 6.45) is 4.57. The minimum atomic E-state index is -3.02. The molecule has 0 saturated carbocycles. The molecule has 0 aliphatic carbocycles. The van der Waals surface area contributed by atoms with Gasteiger partial charge in [-0.2, -0.15) is 8.78 Å². The molecule has 2 aromatic heterocycles. The second kappa shape index (κ2) is 13.6.